The van der Waals surface area contributed by atoms with Crippen molar-refractivity contribution in [3.05, 3.63) is 0 Å². The highest BCUT2D eigenvalue weighted by atomic mass is 16.3. The maximum Gasteiger partial charge on any atom is 0.225 e. The van der Waals surface area contributed by atoms with E-state index < -0.39 is 0 Å². The zero-order valence-corrected chi connectivity index (χ0v) is 12.1. The smallest absolute Gasteiger partial charge is 0.225 e. The van der Waals surface area contributed by atoms with Gasteiger partial charge in [-0.05, 0) is 43.9 Å². The quantitative estimate of drug-likeness (QED) is 0.809. The maximum atomic E-state index is 12.5. The van der Waals surface area contributed by atoms with Gasteiger partial charge in [0, 0.05) is 31.7 Å². The molecule has 1 aliphatic heterocycles. The van der Waals surface area contributed by atoms with Gasteiger partial charge in [0.15, 0.2) is 0 Å². The van der Waals surface area contributed by atoms with Gasteiger partial charge in [0.25, 0.3) is 0 Å². The van der Waals surface area contributed by atoms with Gasteiger partial charge in [-0.1, -0.05) is 13.3 Å². The van der Waals surface area contributed by atoms with Crippen molar-refractivity contribution in [2.24, 2.45) is 23.5 Å². The van der Waals surface area contributed by atoms with Crippen LogP contribution >= 0.6 is 0 Å². The molecule has 0 aromatic heterocycles. The summed E-state index contributed by atoms with van der Waals surface area (Å²) in [6, 6.07) is 0.287. The van der Waals surface area contributed by atoms with Crippen molar-refractivity contribution in [1.29, 1.82) is 0 Å². The normalized spacial score (nSPS) is 33.4. The van der Waals surface area contributed by atoms with Crippen LogP contribution in [0, 0.1) is 17.8 Å². The van der Waals surface area contributed by atoms with E-state index in [2.05, 4.69) is 6.92 Å². The number of rotatable bonds is 4. The summed E-state index contributed by atoms with van der Waals surface area (Å²) in [6.45, 7) is 4.01. The first-order chi connectivity index (χ1) is 9.11. The second kappa shape index (κ2) is 6.71. The van der Waals surface area contributed by atoms with Crippen molar-refractivity contribution >= 4 is 5.91 Å². The molecule has 0 aromatic rings. The first-order valence-corrected chi connectivity index (χ1v) is 7.77. The van der Waals surface area contributed by atoms with E-state index in [9.17, 15) is 4.79 Å². The Morgan fingerprint density at radius 3 is 2.89 bits per heavy atom. The van der Waals surface area contributed by atoms with Crippen molar-refractivity contribution in [3.63, 3.8) is 0 Å². The first-order valence-electron chi connectivity index (χ1n) is 7.77. The van der Waals surface area contributed by atoms with Crippen LogP contribution < -0.4 is 5.73 Å². The Morgan fingerprint density at radius 2 is 2.21 bits per heavy atom. The van der Waals surface area contributed by atoms with Crippen LogP contribution in [0.3, 0.4) is 0 Å². The SMILES string of the molecule is CC(C(=O)N1CCC(CCO)C1)C1CCCC(N)C1. The molecule has 19 heavy (non-hydrogen) atoms. The summed E-state index contributed by atoms with van der Waals surface area (Å²) in [5.74, 6) is 1.38. The first kappa shape index (κ1) is 14.8. The van der Waals surface area contributed by atoms with Crippen LogP contribution in [0.5, 0.6) is 0 Å². The molecule has 1 heterocycles. The zero-order chi connectivity index (χ0) is 13.8. The number of amides is 1. The standard InChI is InChI=1S/C15H28N2O2/c1-11(13-3-2-4-14(16)9-13)15(19)17-7-5-12(10-17)6-8-18/h11-14,18H,2-10,16H2,1H3. The lowest BCUT2D eigenvalue weighted by atomic mass is 9.78. The number of aliphatic hydroxyl groups excluding tert-OH is 1. The highest BCUT2D eigenvalue weighted by Crippen LogP contribution is 2.31. The molecule has 1 aliphatic carbocycles. The number of hydrogen-bond acceptors (Lipinski definition) is 3. The predicted molar refractivity (Wildman–Crippen MR) is 75.5 cm³/mol. The van der Waals surface area contributed by atoms with E-state index in [1.165, 1.54) is 0 Å². The molecule has 4 nitrogen and oxygen atoms in total. The average Bonchev–Trinajstić information content (AvgIpc) is 2.86. The lowest BCUT2D eigenvalue weighted by Crippen LogP contribution is -2.39. The van der Waals surface area contributed by atoms with Crippen LogP contribution in [0.4, 0.5) is 0 Å². The third kappa shape index (κ3) is 3.69. The van der Waals surface area contributed by atoms with Gasteiger partial charge in [-0.2, -0.15) is 0 Å². The topological polar surface area (TPSA) is 66.6 Å². The van der Waals surface area contributed by atoms with Crippen LogP contribution in [0.1, 0.15) is 45.4 Å². The maximum absolute atomic E-state index is 12.5. The average molecular weight is 268 g/mol. The fourth-order valence-corrected chi connectivity index (χ4v) is 3.66. The molecule has 0 bridgehead atoms. The Hall–Kier alpha value is -0.610. The van der Waals surface area contributed by atoms with Crippen LogP contribution in [-0.4, -0.2) is 41.7 Å². The summed E-state index contributed by atoms with van der Waals surface area (Å²) < 4.78 is 0. The van der Waals surface area contributed by atoms with E-state index in [4.69, 9.17) is 10.8 Å². The number of carbonyl (C=O) groups is 1. The van der Waals surface area contributed by atoms with E-state index in [1.54, 1.807) is 0 Å². The van der Waals surface area contributed by atoms with Gasteiger partial charge in [0.1, 0.15) is 0 Å². The number of carbonyl (C=O) groups excluding carboxylic acids is 1. The molecule has 4 atom stereocenters. The molecule has 2 rings (SSSR count). The van der Waals surface area contributed by atoms with Gasteiger partial charge in [-0.15, -0.1) is 0 Å². The molecule has 110 valence electrons. The summed E-state index contributed by atoms with van der Waals surface area (Å²) in [7, 11) is 0. The van der Waals surface area contributed by atoms with E-state index in [1.807, 2.05) is 4.90 Å². The van der Waals surface area contributed by atoms with E-state index >= 15 is 0 Å². The van der Waals surface area contributed by atoms with Crippen molar-refractivity contribution in [2.75, 3.05) is 19.7 Å². The molecule has 2 aliphatic rings. The zero-order valence-electron chi connectivity index (χ0n) is 12.1. The highest BCUT2D eigenvalue weighted by molar-refractivity contribution is 5.79. The Morgan fingerprint density at radius 1 is 1.42 bits per heavy atom. The molecular formula is C15H28N2O2. The molecule has 1 amide bonds. The van der Waals surface area contributed by atoms with Crippen LogP contribution in [0.25, 0.3) is 0 Å². The van der Waals surface area contributed by atoms with Gasteiger partial charge in [-0.25, -0.2) is 0 Å². The molecule has 4 unspecified atom stereocenters. The fraction of sp³-hybridized carbons (Fsp3) is 0.933. The molecule has 4 heteroatoms. The second-order valence-corrected chi connectivity index (χ2v) is 6.43. The number of nitrogens with zero attached hydrogens (tertiary/aromatic N) is 1. The second-order valence-electron chi connectivity index (χ2n) is 6.43. The van der Waals surface area contributed by atoms with Gasteiger partial charge in [0.2, 0.25) is 5.91 Å². The Bertz CT molecular complexity index is 309. The fourth-order valence-electron chi connectivity index (χ4n) is 3.66. The third-order valence-corrected chi connectivity index (χ3v) is 4.99. The minimum Gasteiger partial charge on any atom is -0.396 e. The van der Waals surface area contributed by atoms with Gasteiger partial charge in [-0.3, -0.25) is 4.79 Å². The van der Waals surface area contributed by atoms with Gasteiger partial charge in [0.05, 0.1) is 0 Å². The number of aliphatic hydroxyl groups is 1. The van der Waals surface area contributed by atoms with Gasteiger partial charge >= 0.3 is 0 Å². The summed E-state index contributed by atoms with van der Waals surface area (Å²) >= 11 is 0. The van der Waals surface area contributed by atoms with Crippen molar-refractivity contribution in [3.8, 4) is 0 Å². The summed E-state index contributed by atoms with van der Waals surface area (Å²) in [4.78, 5) is 14.5. The Labute approximate surface area is 116 Å². The molecule has 2 fully saturated rings. The molecule has 0 spiro atoms. The number of likely N-dealkylation sites (tertiary alicyclic amines) is 1. The Balaban J connectivity index is 1.85. The summed E-state index contributed by atoms with van der Waals surface area (Å²) in [5, 5.41) is 8.98. The monoisotopic (exact) mass is 268 g/mol. The predicted octanol–water partition coefficient (Wildman–Crippen LogP) is 1.37. The molecule has 1 saturated heterocycles. The van der Waals surface area contributed by atoms with Crippen molar-refractivity contribution in [1.82, 2.24) is 4.90 Å². The minimum absolute atomic E-state index is 0.110. The molecule has 1 saturated carbocycles. The van der Waals surface area contributed by atoms with Crippen LogP contribution in [0.15, 0.2) is 0 Å². The molecular weight excluding hydrogens is 240 g/mol. The van der Waals surface area contributed by atoms with Crippen LogP contribution in [0.2, 0.25) is 0 Å². The highest BCUT2D eigenvalue weighted by Gasteiger charge is 2.34. The van der Waals surface area contributed by atoms with Gasteiger partial charge < -0.3 is 15.7 Å². The third-order valence-electron chi connectivity index (χ3n) is 4.99. The molecule has 0 aromatic carbocycles. The lowest BCUT2D eigenvalue weighted by Gasteiger charge is -2.32. The number of nitrogens with two attached hydrogens (primary N) is 1. The van der Waals surface area contributed by atoms with Crippen LogP contribution in [-0.2, 0) is 4.79 Å². The largest absolute Gasteiger partial charge is 0.396 e. The van der Waals surface area contributed by atoms with E-state index in [-0.39, 0.29) is 18.6 Å². The minimum atomic E-state index is 0.110. The summed E-state index contributed by atoms with van der Waals surface area (Å²) in [5.41, 5.74) is 6.03. The Kier molecular flexibility index (Phi) is 5.22. The van der Waals surface area contributed by atoms with Crippen molar-refractivity contribution < 1.29 is 9.90 Å². The van der Waals surface area contributed by atoms with E-state index in [0.717, 1.165) is 51.6 Å². The molecule has 3 N–H and O–H groups in total. The van der Waals surface area contributed by atoms with E-state index in [0.29, 0.717) is 17.7 Å². The van der Waals surface area contributed by atoms with Crippen molar-refractivity contribution in [2.45, 2.75) is 51.5 Å². The summed E-state index contributed by atoms with van der Waals surface area (Å²) in [6.07, 6.45) is 6.29. The number of hydrogen-bond donors (Lipinski definition) is 2. The molecule has 0 radical (unpaired) electrons. The lowest BCUT2D eigenvalue weighted by molar-refractivity contribution is -0.136.